The molecule has 0 atom stereocenters. The number of nitrogens with zero attached hydrogens (tertiary/aromatic N) is 2. The molecule has 1 aliphatic rings. The van der Waals surface area contributed by atoms with Crippen LogP contribution < -0.4 is 5.32 Å². The van der Waals surface area contributed by atoms with Crippen molar-refractivity contribution in [3.8, 4) is 10.7 Å². The average Bonchev–Trinajstić information content (AvgIpc) is 2.71. The minimum atomic E-state index is 0.538. The van der Waals surface area contributed by atoms with Gasteiger partial charge in [-0.25, -0.2) is 0 Å². The molecule has 1 aliphatic carbocycles. The average molecular weight is 207 g/mol. The summed E-state index contributed by atoms with van der Waals surface area (Å²) < 4.78 is 5.07. The third-order valence-corrected chi connectivity index (χ3v) is 2.94. The van der Waals surface area contributed by atoms with Crippen molar-refractivity contribution in [1.29, 1.82) is 0 Å². The van der Waals surface area contributed by atoms with Gasteiger partial charge in [-0.2, -0.15) is 4.98 Å². The first kappa shape index (κ1) is 7.99. The van der Waals surface area contributed by atoms with Gasteiger partial charge in [0.15, 0.2) is 0 Å². The van der Waals surface area contributed by atoms with Crippen molar-refractivity contribution >= 4 is 17.4 Å². The van der Waals surface area contributed by atoms with Crippen LogP contribution in [0.4, 0.5) is 6.01 Å². The summed E-state index contributed by atoms with van der Waals surface area (Å²) in [7, 11) is 0. The van der Waals surface area contributed by atoms with Gasteiger partial charge in [0, 0.05) is 6.04 Å². The Kier molecular flexibility index (Phi) is 1.77. The van der Waals surface area contributed by atoms with Gasteiger partial charge in [-0.05, 0) is 24.3 Å². The highest BCUT2D eigenvalue weighted by atomic mass is 32.1. The Labute approximate surface area is 85.0 Å². The molecule has 72 valence electrons. The van der Waals surface area contributed by atoms with Crippen LogP contribution in [0.15, 0.2) is 22.0 Å². The summed E-state index contributed by atoms with van der Waals surface area (Å²) in [6, 6.07) is 5.04. The van der Waals surface area contributed by atoms with E-state index in [1.54, 1.807) is 11.3 Å². The minimum absolute atomic E-state index is 0.538. The standard InChI is InChI=1S/C9H9N3OS/c1-2-7(14-5-1)8-11-9(13-12-8)10-6-3-4-6/h1-2,5-6H,3-4H2,(H,10,11,12). The SMILES string of the molecule is c1csc(-c2noc(NC3CC3)n2)c1. The van der Waals surface area contributed by atoms with Gasteiger partial charge in [0.1, 0.15) is 0 Å². The van der Waals surface area contributed by atoms with Crippen LogP contribution in [0.1, 0.15) is 12.8 Å². The van der Waals surface area contributed by atoms with Gasteiger partial charge in [-0.1, -0.05) is 11.2 Å². The maximum absolute atomic E-state index is 5.07. The second-order valence-electron chi connectivity index (χ2n) is 3.32. The summed E-state index contributed by atoms with van der Waals surface area (Å²) >= 11 is 1.61. The molecule has 0 aliphatic heterocycles. The fourth-order valence-electron chi connectivity index (χ4n) is 1.19. The Bertz CT molecular complexity index is 419. The molecular weight excluding hydrogens is 198 g/mol. The van der Waals surface area contributed by atoms with Gasteiger partial charge in [0.05, 0.1) is 4.88 Å². The third-order valence-electron chi connectivity index (χ3n) is 2.07. The van der Waals surface area contributed by atoms with Crippen molar-refractivity contribution in [2.75, 3.05) is 5.32 Å². The van der Waals surface area contributed by atoms with E-state index >= 15 is 0 Å². The fourth-order valence-corrected chi connectivity index (χ4v) is 1.84. The lowest BCUT2D eigenvalue weighted by Gasteiger charge is -1.92. The molecule has 2 heterocycles. The van der Waals surface area contributed by atoms with Crippen LogP contribution in [0.25, 0.3) is 10.7 Å². The molecule has 2 aromatic rings. The Morgan fingerprint density at radius 1 is 1.50 bits per heavy atom. The van der Waals surface area contributed by atoms with Crippen LogP contribution in [0, 0.1) is 0 Å². The van der Waals surface area contributed by atoms with E-state index in [9.17, 15) is 0 Å². The first-order valence-corrected chi connectivity index (χ1v) is 5.44. The predicted octanol–water partition coefficient (Wildman–Crippen LogP) is 2.37. The van der Waals surface area contributed by atoms with E-state index in [-0.39, 0.29) is 0 Å². The summed E-state index contributed by atoms with van der Waals surface area (Å²) in [5.41, 5.74) is 0. The van der Waals surface area contributed by atoms with Crippen molar-refractivity contribution in [1.82, 2.24) is 10.1 Å². The largest absolute Gasteiger partial charge is 0.335 e. The van der Waals surface area contributed by atoms with Crippen molar-refractivity contribution in [3.63, 3.8) is 0 Å². The van der Waals surface area contributed by atoms with E-state index in [1.807, 2.05) is 17.5 Å². The third kappa shape index (κ3) is 1.50. The number of rotatable bonds is 3. The van der Waals surface area contributed by atoms with Gasteiger partial charge >= 0.3 is 6.01 Å². The van der Waals surface area contributed by atoms with Crippen molar-refractivity contribution in [2.45, 2.75) is 18.9 Å². The van der Waals surface area contributed by atoms with E-state index in [1.165, 1.54) is 12.8 Å². The molecule has 3 rings (SSSR count). The molecule has 1 fully saturated rings. The van der Waals surface area contributed by atoms with Crippen LogP contribution in [0.5, 0.6) is 0 Å². The van der Waals surface area contributed by atoms with E-state index in [2.05, 4.69) is 15.5 Å². The molecule has 5 heteroatoms. The molecule has 0 saturated heterocycles. The molecule has 4 nitrogen and oxygen atoms in total. The zero-order valence-electron chi connectivity index (χ0n) is 7.43. The number of nitrogens with one attached hydrogen (secondary N) is 1. The maximum Gasteiger partial charge on any atom is 0.322 e. The first-order valence-electron chi connectivity index (χ1n) is 4.56. The maximum atomic E-state index is 5.07. The first-order chi connectivity index (χ1) is 6.92. The fraction of sp³-hybridized carbons (Fsp3) is 0.333. The summed E-state index contributed by atoms with van der Waals surface area (Å²) in [5, 5.41) is 9.06. The molecule has 1 N–H and O–H groups in total. The zero-order chi connectivity index (χ0) is 9.38. The van der Waals surface area contributed by atoms with Gasteiger partial charge in [-0.3, -0.25) is 0 Å². The number of aromatic nitrogens is 2. The molecule has 0 amide bonds. The van der Waals surface area contributed by atoms with E-state index in [4.69, 9.17) is 4.52 Å². The van der Waals surface area contributed by atoms with Crippen LogP contribution in [0.3, 0.4) is 0 Å². The molecule has 2 aromatic heterocycles. The topological polar surface area (TPSA) is 51.0 Å². The molecule has 0 aromatic carbocycles. The summed E-state index contributed by atoms with van der Waals surface area (Å²) in [4.78, 5) is 5.29. The van der Waals surface area contributed by atoms with Crippen molar-refractivity contribution in [2.24, 2.45) is 0 Å². The van der Waals surface area contributed by atoms with Crippen molar-refractivity contribution < 1.29 is 4.52 Å². The van der Waals surface area contributed by atoms with Gasteiger partial charge in [0.25, 0.3) is 0 Å². The van der Waals surface area contributed by atoms with E-state index in [0.717, 1.165) is 4.88 Å². The summed E-state index contributed by atoms with van der Waals surface area (Å²) in [6.45, 7) is 0. The Balaban J connectivity index is 1.82. The van der Waals surface area contributed by atoms with Crippen LogP contribution in [0.2, 0.25) is 0 Å². The smallest absolute Gasteiger partial charge is 0.322 e. The molecule has 0 spiro atoms. The van der Waals surface area contributed by atoms with E-state index < -0.39 is 0 Å². The zero-order valence-corrected chi connectivity index (χ0v) is 8.25. The molecule has 0 unspecified atom stereocenters. The quantitative estimate of drug-likeness (QED) is 0.839. The number of hydrogen-bond donors (Lipinski definition) is 1. The normalized spacial score (nSPS) is 15.7. The minimum Gasteiger partial charge on any atom is -0.335 e. The molecular formula is C9H9N3OS. The summed E-state index contributed by atoms with van der Waals surface area (Å²) in [6.07, 6.45) is 2.41. The molecule has 14 heavy (non-hydrogen) atoms. The number of thiophene rings is 1. The molecule has 1 saturated carbocycles. The van der Waals surface area contributed by atoms with Crippen LogP contribution >= 0.6 is 11.3 Å². The molecule has 0 radical (unpaired) electrons. The van der Waals surface area contributed by atoms with Crippen LogP contribution in [-0.4, -0.2) is 16.2 Å². The Morgan fingerprint density at radius 3 is 3.14 bits per heavy atom. The van der Waals surface area contributed by atoms with Gasteiger partial charge in [-0.15, -0.1) is 11.3 Å². The van der Waals surface area contributed by atoms with Gasteiger partial charge < -0.3 is 9.84 Å². The summed E-state index contributed by atoms with van der Waals surface area (Å²) in [5.74, 6) is 0.670. The monoisotopic (exact) mass is 207 g/mol. The second-order valence-corrected chi connectivity index (χ2v) is 4.27. The molecule has 0 bridgehead atoms. The Hall–Kier alpha value is -1.36. The van der Waals surface area contributed by atoms with E-state index in [0.29, 0.717) is 17.9 Å². The number of anilines is 1. The second kappa shape index (κ2) is 3.09. The van der Waals surface area contributed by atoms with Crippen LogP contribution in [-0.2, 0) is 0 Å². The Morgan fingerprint density at radius 2 is 2.43 bits per heavy atom. The lowest BCUT2D eigenvalue weighted by molar-refractivity contribution is 0.432. The number of hydrogen-bond acceptors (Lipinski definition) is 5. The highest BCUT2D eigenvalue weighted by molar-refractivity contribution is 7.13. The highest BCUT2D eigenvalue weighted by Gasteiger charge is 2.23. The highest BCUT2D eigenvalue weighted by Crippen LogP contribution is 2.26. The lowest BCUT2D eigenvalue weighted by atomic mass is 10.4. The van der Waals surface area contributed by atoms with Crippen molar-refractivity contribution in [3.05, 3.63) is 17.5 Å². The van der Waals surface area contributed by atoms with Gasteiger partial charge in [0.2, 0.25) is 5.82 Å². The predicted molar refractivity (Wildman–Crippen MR) is 54.3 cm³/mol. The lowest BCUT2D eigenvalue weighted by Crippen LogP contribution is -2.00.